The summed E-state index contributed by atoms with van der Waals surface area (Å²) in [5.41, 5.74) is 1.14. The van der Waals surface area contributed by atoms with Gasteiger partial charge < -0.3 is 25.6 Å². The van der Waals surface area contributed by atoms with Crippen LogP contribution in [0.2, 0.25) is 0 Å². The van der Waals surface area contributed by atoms with Crippen LogP contribution in [0.3, 0.4) is 0 Å². The minimum Gasteiger partial charge on any atom is -0.490 e. The fourth-order valence-electron chi connectivity index (χ4n) is 4.53. The quantitative estimate of drug-likeness (QED) is 0.147. The van der Waals surface area contributed by atoms with Gasteiger partial charge in [0.1, 0.15) is 18.0 Å². The summed E-state index contributed by atoms with van der Waals surface area (Å²) in [5.74, 6) is 0.231. The number of amides is 1. The van der Waals surface area contributed by atoms with E-state index in [1.54, 1.807) is 24.3 Å². The topological polar surface area (TPSA) is 90.8 Å². The van der Waals surface area contributed by atoms with E-state index in [2.05, 4.69) is 39.3 Å². The zero-order valence-electron chi connectivity index (χ0n) is 22.2. The summed E-state index contributed by atoms with van der Waals surface area (Å²) >= 11 is 2.28. The van der Waals surface area contributed by atoms with Crippen LogP contribution in [0.15, 0.2) is 115 Å². The molecule has 4 N–H and O–H groups in total. The lowest BCUT2D eigenvalue weighted by Gasteiger charge is -2.30. The van der Waals surface area contributed by atoms with Crippen molar-refractivity contribution in [3.8, 4) is 5.75 Å². The minimum absolute atomic E-state index is 0.0994. The first-order valence-electron chi connectivity index (χ1n) is 13.3. The third kappa shape index (κ3) is 9.16. The Hall–Kier alpha value is -3.24. The number of nitrogens with one attached hydrogen (secondary N) is 2. The van der Waals surface area contributed by atoms with Gasteiger partial charge in [-0.2, -0.15) is 0 Å². The molecule has 7 heteroatoms. The summed E-state index contributed by atoms with van der Waals surface area (Å²) in [6.07, 6.45) is -0.627. The molecule has 0 aliphatic rings. The van der Waals surface area contributed by atoms with E-state index < -0.39 is 17.7 Å². The smallest absolute Gasteiger partial charge is 0.223 e. The van der Waals surface area contributed by atoms with Crippen LogP contribution in [0.4, 0.5) is 0 Å². The van der Waals surface area contributed by atoms with E-state index in [0.717, 1.165) is 14.7 Å². The second-order valence-electron chi connectivity index (χ2n) is 9.87. The van der Waals surface area contributed by atoms with Crippen molar-refractivity contribution in [1.82, 2.24) is 10.6 Å². The molecule has 4 aromatic carbocycles. The van der Waals surface area contributed by atoms with Gasteiger partial charge in [-0.1, -0.05) is 91.0 Å². The SMILES string of the molecule is O=C(CC(O)(COc1ccccc1)c1ccccc1)N[C@@H](Cc1ccccc1)[C@H](O)CNCc1cccc(I)c1. The molecule has 0 aromatic heterocycles. The number of carbonyl (C=O) groups excluding carboxylic acids is 1. The lowest BCUT2D eigenvalue weighted by Crippen LogP contribution is -2.50. The van der Waals surface area contributed by atoms with Crippen molar-refractivity contribution in [2.24, 2.45) is 0 Å². The summed E-state index contributed by atoms with van der Waals surface area (Å²) in [4.78, 5) is 13.4. The molecule has 0 bridgehead atoms. The zero-order valence-corrected chi connectivity index (χ0v) is 24.4. The Morgan fingerprint density at radius 1 is 0.850 bits per heavy atom. The number of ether oxygens (including phenoxy) is 1. The van der Waals surface area contributed by atoms with Crippen molar-refractivity contribution < 1.29 is 19.7 Å². The summed E-state index contributed by atoms with van der Waals surface area (Å²) in [5, 5.41) is 29.1. The molecule has 208 valence electrons. The van der Waals surface area contributed by atoms with Gasteiger partial charge in [0, 0.05) is 16.7 Å². The van der Waals surface area contributed by atoms with Crippen LogP contribution in [0.1, 0.15) is 23.1 Å². The van der Waals surface area contributed by atoms with Gasteiger partial charge in [0.2, 0.25) is 5.91 Å². The fraction of sp³-hybridized carbons (Fsp3) is 0.242. The van der Waals surface area contributed by atoms with Gasteiger partial charge in [-0.15, -0.1) is 0 Å². The Morgan fingerprint density at radius 2 is 1.48 bits per heavy atom. The van der Waals surface area contributed by atoms with Crippen molar-refractivity contribution in [1.29, 1.82) is 0 Å². The standard InChI is InChI=1S/C33H35IN2O4/c34-28-16-10-13-26(19-28)22-35-23-31(37)30(20-25-11-4-1-5-12-25)36-32(38)21-33(39,27-14-6-2-7-15-27)24-40-29-17-8-3-9-18-29/h1-19,30-31,35,37,39H,20-24H2,(H,36,38)/t30-,31+,33?/m0/s1. The number of para-hydroxylation sites is 1. The van der Waals surface area contributed by atoms with Crippen LogP contribution in [-0.4, -0.2) is 41.4 Å². The van der Waals surface area contributed by atoms with E-state index in [-0.39, 0.29) is 18.9 Å². The maximum Gasteiger partial charge on any atom is 0.223 e. The molecule has 0 saturated carbocycles. The zero-order chi connectivity index (χ0) is 28.2. The van der Waals surface area contributed by atoms with Gasteiger partial charge in [0.15, 0.2) is 0 Å². The second-order valence-corrected chi connectivity index (χ2v) is 11.1. The van der Waals surface area contributed by atoms with Gasteiger partial charge in [-0.05, 0) is 70.0 Å². The highest BCUT2D eigenvalue weighted by atomic mass is 127. The van der Waals surface area contributed by atoms with Crippen LogP contribution >= 0.6 is 22.6 Å². The minimum atomic E-state index is -1.56. The fourth-order valence-corrected chi connectivity index (χ4v) is 5.14. The Labute approximate surface area is 249 Å². The summed E-state index contributed by atoms with van der Waals surface area (Å²) in [6, 6.07) is 35.6. The number of aliphatic hydroxyl groups is 2. The molecule has 1 unspecified atom stereocenters. The summed E-state index contributed by atoms with van der Waals surface area (Å²) in [7, 11) is 0. The van der Waals surface area contributed by atoms with Crippen LogP contribution in [0, 0.1) is 3.57 Å². The first-order chi connectivity index (χ1) is 19.4. The number of benzene rings is 4. The molecule has 0 saturated heterocycles. The van der Waals surface area contributed by atoms with Crippen LogP contribution < -0.4 is 15.4 Å². The van der Waals surface area contributed by atoms with Crippen molar-refractivity contribution in [2.75, 3.05) is 13.2 Å². The lowest BCUT2D eigenvalue weighted by molar-refractivity contribution is -0.129. The summed E-state index contributed by atoms with van der Waals surface area (Å²) in [6.45, 7) is 0.797. The maximum atomic E-state index is 13.4. The van der Waals surface area contributed by atoms with E-state index >= 15 is 0 Å². The molecule has 0 spiro atoms. The highest BCUT2D eigenvalue weighted by Crippen LogP contribution is 2.27. The van der Waals surface area contributed by atoms with Gasteiger partial charge in [-0.3, -0.25) is 4.79 Å². The lowest BCUT2D eigenvalue weighted by atomic mass is 9.90. The monoisotopic (exact) mass is 650 g/mol. The van der Waals surface area contributed by atoms with Gasteiger partial charge >= 0.3 is 0 Å². The third-order valence-electron chi connectivity index (χ3n) is 6.67. The first-order valence-corrected chi connectivity index (χ1v) is 14.4. The first kappa shape index (κ1) is 29.7. The van der Waals surface area contributed by atoms with Crippen LogP contribution in [-0.2, 0) is 23.4 Å². The van der Waals surface area contributed by atoms with Gasteiger partial charge in [0.05, 0.1) is 18.6 Å². The molecular weight excluding hydrogens is 615 g/mol. The predicted molar refractivity (Wildman–Crippen MR) is 166 cm³/mol. The molecule has 3 atom stereocenters. The van der Waals surface area contributed by atoms with Crippen LogP contribution in [0.5, 0.6) is 5.75 Å². The Bertz CT molecular complexity index is 1320. The number of hydrogen-bond acceptors (Lipinski definition) is 5. The molecule has 0 heterocycles. The molecule has 6 nitrogen and oxygen atoms in total. The Morgan fingerprint density at radius 3 is 2.15 bits per heavy atom. The molecule has 4 rings (SSSR count). The number of aliphatic hydroxyl groups excluding tert-OH is 1. The van der Waals surface area contributed by atoms with Crippen molar-refractivity contribution in [3.05, 3.63) is 136 Å². The molecule has 0 aliphatic heterocycles. The van der Waals surface area contributed by atoms with E-state index in [1.165, 1.54) is 0 Å². The van der Waals surface area contributed by atoms with Crippen LogP contribution in [0.25, 0.3) is 0 Å². The summed E-state index contributed by atoms with van der Waals surface area (Å²) < 4.78 is 7.04. The molecule has 0 radical (unpaired) electrons. The predicted octanol–water partition coefficient (Wildman–Crippen LogP) is 4.83. The normalized spacial score (nSPS) is 14.1. The third-order valence-corrected chi connectivity index (χ3v) is 7.34. The largest absolute Gasteiger partial charge is 0.490 e. The van der Waals surface area contributed by atoms with Crippen molar-refractivity contribution in [2.45, 2.75) is 37.1 Å². The van der Waals surface area contributed by atoms with E-state index in [1.807, 2.05) is 84.9 Å². The van der Waals surface area contributed by atoms with Crippen molar-refractivity contribution >= 4 is 28.5 Å². The van der Waals surface area contributed by atoms with Gasteiger partial charge in [-0.25, -0.2) is 0 Å². The van der Waals surface area contributed by atoms with E-state index in [4.69, 9.17) is 4.74 Å². The van der Waals surface area contributed by atoms with Gasteiger partial charge in [0.25, 0.3) is 0 Å². The Balaban J connectivity index is 1.45. The van der Waals surface area contributed by atoms with E-state index in [9.17, 15) is 15.0 Å². The molecule has 1 amide bonds. The highest BCUT2D eigenvalue weighted by molar-refractivity contribution is 14.1. The average Bonchev–Trinajstić information content (AvgIpc) is 2.97. The molecule has 40 heavy (non-hydrogen) atoms. The molecule has 4 aromatic rings. The Kier molecular flexibility index (Phi) is 11.1. The molecular formula is C33H35IN2O4. The number of halogens is 1. The number of carbonyl (C=O) groups is 1. The highest BCUT2D eigenvalue weighted by Gasteiger charge is 2.34. The molecule has 0 aliphatic carbocycles. The average molecular weight is 651 g/mol. The molecule has 0 fully saturated rings. The van der Waals surface area contributed by atoms with Crippen molar-refractivity contribution in [3.63, 3.8) is 0 Å². The number of rotatable bonds is 14. The van der Waals surface area contributed by atoms with E-state index in [0.29, 0.717) is 30.8 Å². The number of hydrogen-bond donors (Lipinski definition) is 4. The second kappa shape index (κ2) is 14.9. The maximum absolute atomic E-state index is 13.4.